The normalized spacial score (nSPS) is 10.9. The molecular formula is C9H12N4O. The lowest BCUT2D eigenvalue weighted by molar-refractivity contribution is 0.415. The molecule has 0 saturated carbocycles. The van der Waals surface area contributed by atoms with Gasteiger partial charge in [0.25, 0.3) is 0 Å². The number of benzene rings is 1. The zero-order chi connectivity index (χ0) is 10.4. The first-order valence-electron chi connectivity index (χ1n) is 3.96. The van der Waals surface area contributed by atoms with E-state index in [1.165, 1.54) is 0 Å². The van der Waals surface area contributed by atoms with Crippen LogP contribution in [0.4, 0.5) is 0 Å². The van der Waals surface area contributed by atoms with E-state index >= 15 is 0 Å². The van der Waals surface area contributed by atoms with Gasteiger partial charge in [-0.25, -0.2) is 16.4 Å². The van der Waals surface area contributed by atoms with Gasteiger partial charge in [0.2, 0.25) is 0 Å². The molecule has 1 rings (SSSR count). The molecule has 0 heterocycles. The topological polar surface area (TPSA) is 72.0 Å². The molecule has 1 aromatic rings. The third-order valence-electron chi connectivity index (χ3n) is 1.67. The van der Waals surface area contributed by atoms with Crippen molar-refractivity contribution in [2.75, 3.05) is 7.11 Å². The summed E-state index contributed by atoms with van der Waals surface area (Å²) >= 11 is 0. The second-order valence-corrected chi connectivity index (χ2v) is 2.45. The van der Waals surface area contributed by atoms with Crippen LogP contribution in [-0.2, 0) is 0 Å². The molecule has 74 valence electrons. The number of hydrazine groups is 1. The van der Waals surface area contributed by atoms with Crippen molar-refractivity contribution in [1.29, 1.82) is 0 Å². The number of ether oxygens (including phenoxy) is 1. The van der Waals surface area contributed by atoms with E-state index in [-0.39, 0.29) is 0 Å². The summed E-state index contributed by atoms with van der Waals surface area (Å²) in [7, 11) is 1.61. The van der Waals surface area contributed by atoms with Gasteiger partial charge >= 0.3 is 0 Å². The first-order valence-corrected chi connectivity index (χ1v) is 3.96. The molecule has 0 aliphatic rings. The van der Waals surface area contributed by atoms with Crippen LogP contribution < -0.4 is 16.1 Å². The monoisotopic (exact) mass is 192 g/mol. The molecule has 0 saturated heterocycles. The number of methoxy groups -OCH3 is 1. The third-order valence-corrected chi connectivity index (χ3v) is 1.67. The summed E-state index contributed by atoms with van der Waals surface area (Å²) < 4.78 is 5.02. The van der Waals surface area contributed by atoms with E-state index in [2.05, 4.69) is 22.3 Å². The van der Waals surface area contributed by atoms with Gasteiger partial charge in [-0.1, -0.05) is 0 Å². The molecule has 0 unspecified atom stereocenters. The van der Waals surface area contributed by atoms with Crippen molar-refractivity contribution in [3.8, 4) is 5.75 Å². The van der Waals surface area contributed by atoms with Gasteiger partial charge in [0, 0.05) is 5.56 Å². The van der Waals surface area contributed by atoms with Gasteiger partial charge in [-0.3, -0.25) is 0 Å². The number of amidine groups is 1. The zero-order valence-electron chi connectivity index (χ0n) is 7.90. The highest BCUT2D eigenvalue weighted by Crippen LogP contribution is 2.12. The Morgan fingerprint density at radius 3 is 2.50 bits per heavy atom. The summed E-state index contributed by atoms with van der Waals surface area (Å²) in [5.41, 5.74) is 2.99. The Hall–Kier alpha value is -1.88. The van der Waals surface area contributed by atoms with Crippen LogP contribution in [0.1, 0.15) is 5.56 Å². The zero-order valence-corrected chi connectivity index (χ0v) is 7.90. The standard InChI is InChI=1S/C9H12N4O/c1-11-9(12-13-10)7-3-5-8(14-2)6-4-7/h3-6,13H,1,10H2,2H3/b12-9-. The van der Waals surface area contributed by atoms with E-state index in [1.54, 1.807) is 7.11 Å². The maximum absolute atomic E-state index is 5.05. The Bertz CT molecular complexity index is 331. The lowest BCUT2D eigenvalue weighted by atomic mass is 10.2. The predicted molar refractivity (Wildman–Crippen MR) is 56.4 cm³/mol. The second-order valence-electron chi connectivity index (χ2n) is 2.45. The molecule has 0 spiro atoms. The van der Waals surface area contributed by atoms with Gasteiger partial charge < -0.3 is 4.74 Å². The molecule has 3 N–H and O–H groups in total. The van der Waals surface area contributed by atoms with Crippen molar-refractivity contribution in [2.24, 2.45) is 15.9 Å². The number of hydrazone groups is 1. The third kappa shape index (κ3) is 2.30. The van der Waals surface area contributed by atoms with Crippen molar-refractivity contribution in [3.63, 3.8) is 0 Å². The molecule has 0 fully saturated rings. The van der Waals surface area contributed by atoms with E-state index in [0.717, 1.165) is 11.3 Å². The fourth-order valence-corrected chi connectivity index (χ4v) is 0.992. The van der Waals surface area contributed by atoms with E-state index in [9.17, 15) is 0 Å². The van der Waals surface area contributed by atoms with Crippen molar-refractivity contribution < 1.29 is 4.74 Å². The van der Waals surface area contributed by atoms with Gasteiger partial charge in [0.1, 0.15) is 5.75 Å². The van der Waals surface area contributed by atoms with Gasteiger partial charge in [-0.15, -0.1) is 5.10 Å². The Balaban J connectivity index is 2.95. The number of nitrogens with zero attached hydrogens (tertiary/aromatic N) is 2. The summed E-state index contributed by atoms with van der Waals surface area (Å²) in [5.74, 6) is 6.26. The smallest absolute Gasteiger partial charge is 0.179 e. The van der Waals surface area contributed by atoms with E-state index < -0.39 is 0 Å². The molecule has 5 nitrogen and oxygen atoms in total. The van der Waals surface area contributed by atoms with Gasteiger partial charge in [-0.2, -0.15) is 0 Å². The number of hydrogen-bond donors (Lipinski definition) is 2. The lowest BCUT2D eigenvalue weighted by Crippen LogP contribution is -2.17. The molecule has 0 radical (unpaired) electrons. The molecule has 5 heteroatoms. The highest BCUT2D eigenvalue weighted by molar-refractivity contribution is 6.01. The number of aliphatic imine (C=N–C) groups is 1. The average Bonchev–Trinajstić information content (AvgIpc) is 2.26. The number of nitrogens with one attached hydrogen (secondary N) is 1. The Morgan fingerprint density at radius 1 is 1.43 bits per heavy atom. The second kappa shape index (κ2) is 4.98. The van der Waals surface area contributed by atoms with Crippen LogP contribution in [0.25, 0.3) is 0 Å². The number of rotatable bonds is 3. The van der Waals surface area contributed by atoms with Crippen molar-refractivity contribution in [1.82, 2.24) is 5.53 Å². The molecule has 14 heavy (non-hydrogen) atoms. The quantitative estimate of drug-likeness (QED) is 0.317. The SMILES string of the molecule is C=N/C(=N\NN)c1ccc(OC)cc1. The Labute approximate surface area is 82.3 Å². The van der Waals surface area contributed by atoms with Crippen LogP contribution in [0.15, 0.2) is 34.4 Å². The maximum atomic E-state index is 5.05. The fourth-order valence-electron chi connectivity index (χ4n) is 0.992. The highest BCUT2D eigenvalue weighted by atomic mass is 16.5. The summed E-state index contributed by atoms with van der Waals surface area (Å²) in [6.45, 7) is 3.39. The van der Waals surface area contributed by atoms with Crippen molar-refractivity contribution >= 4 is 12.6 Å². The Morgan fingerprint density at radius 2 is 2.07 bits per heavy atom. The van der Waals surface area contributed by atoms with Crippen molar-refractivity contribution in [3.05, 3.63) is 29.8 Å². The van der Waals surface area contributed by atoms with Gasteiger partial charge in [0.15, 0.2) is 5.84 Å². The van der Waals surface area contributed by atoms with Crippen LogP contribution >= 0.6 is 0 Å². The number of nitrogens with two attached hydrogens (primary N) is 1. The fraction of sp³-hybridized carbons (Fsp3) is 0.111. The van der Waals surface area contributed by atoms with Gasteiger partial charge in [0.05, 0.1) is 7.11 Å². The van der Waals surface area contributed by atoms with Crippen LogP contribution in [0, 0.1) is 0 Å². The van der Waals surface area contributed by atoms with Crippen LogP contribution in [-0.4, -0.2) is 19.7 Å². The van der Waals surface area contributed by atoms with E-state index in [4.69, 9.17) is 10.6 Å². The molecule has 1 aromatic carbocycles. The molecule has 0 aromatic heterocycles. The first kappa shape index (κ1) is 10.2. The lowest BCUT2D eigenvalue weighted by Gasteiger charge is -2.02. The molecule has 0 amide bonds. The van der Waals surface area contributed by atoms with E-state index in [1.807, 2.05) is 24.3 Å². The first-order chi connectivity index (χ1) is 6.81. The molecule has 0 aliphatic carbocycles. The minimum atomic E-state index is 0.440. The Kier molecular flexibility index (Phi) is 3.63. The summed E-state index contributed by atoms with van der Waals surface area (Å²) in [5, 5.41) is 3.74. The largest absolute Gasteiger partial charge is 0.497 e. The molecule has 0 atom stereocenters. The van der Waals surface area contributed by atoms with Crippen LogP contribution in [0.3, 0.4) is 0 Å². The number of hydrogen-bond acceptors (Lipinski definition) is 4. The van der Waals surface area contributed by atoms with Crippen LogP contribution in [0.2, 0.25) is 0 Å². The molecule has 0 bridgehead atoms. The van der Waals surface area contributed by atoms with Crippen molar-refractivity contribution in [2.45, 2.75) is 0 Å². The predicted octanol–water partition coefficient (Wildman–Crippen LogP) is 0.521. The highest BCUT2D eigenvalue weighted by Gasteiger charge is 2.00. The summed E-state index contributed by atoms with van der Waals surface area (Å²) in [6.07, 6.45) is 0. The molecular weight excluding hydrogens is 180 g/mol. The van der Waals surface area contributed by atoms with Gasteiger partial charge in [-0.05, 0) is 31.0 Å². The molecule has 0 aliphatic heterocycles. The summed E-state index contributed by atoms with van der Waals surface area (Å²) in [4.78, 5) is 3.72. The maximum Gasteiger partial charge on any atom is 0.179 e. The van der Waals surface area contributed by atoms with E-state index in [0.29, 0.717) is 5.84 Å². The minimum absolute atomic E-state index is 0.440. The summed E-state index contributed by atoms with van der Waals surface area (Å²) in [6, 6.07) is 7.27. The minimum Gasteiger partial charge on any atom is -0.497 e. The van der Waals surface area contributed by atoms with Crippen LogP contribution in [0.5, 0.6) is 5.75 Å². The average molecular weight is 192 g/mol.